The minimum Gasteiger partial charge on any atom is -0.374 e. The van der Waals surface area contributed by atoms with Gasteiger partial charge in [0.1, 0.15) is 0 Å². The van der Waals surface area contributed by atoms with E-state index in [0.29, 0.717) is 0 Å². The van der Waals surface area contributed by atoms with Gasteiger partial charge < -0.3 is 15.0 Å². The summed E-state index contributed by atoms with van der Waals surface area (Å²) in [5.74, 6) is 0. The van der Waals surface area contributed by atoms with Crippen LogP contribution in [0.5, 0.6) is 0 Å². The van der Waals surface area contributed by atoms with Crippen molar-refractivity contribution >= 4 is 0 Å². The summed E-state index contributed by atoms with van der Waals surface area (Å²) < 4.78 is 5.82. The first kappa shape index (κ1) is 11.5. The first-order valence-corrected chi connectivity index (χ1v) is 5.68. The molecule has 2 atom stereocenters. The summed E-state index contributed by atoms with van der Waals surface area (Å²) >= 11 is 0. The number of pyridine rings is 1. The van der Waals surface area contributed by atoms with Crippen molar-refractivity contribution in [3.63, 3.8) is 0 Å². The zero-order chi connectivity index (χ0) is 11.4. The first-order valence-electron chi connectivity index (χ1n) is 5.68. The van der Waals surface area contributed by atoms with Crippen LogP contribution in [0.2, 0.25) is 0 Å². The van der Waals surface area contributed by atoms with E-state index in [1.165, 1.54) is 5.56 Å². The van der Waals surface area contributed by atoms with E-state index in [9.17, 15) is 0 Å². The molecule has 0 saturated carbocycles. The zero-order valence-corrected chi connectivity index (χ0v) is 9.89. The molecule has 1 fully saturated rings. The van der Waals surface area contributed by atoms with Crippen molar-refractivity contribution in [1.29, 1.82) is 0 Å². The van der Waals surface area contributed by atoms with E-state index in [-0.39, 0.29) is 12.1 Å². The van der Waals surface area contributed by atoms with Crippen molar-refractivity contribution in [3.8, 4) is 0 Å². The Hall–Kier alpha value is -0.970. The van der Waals surface area contributed by atoms with Crippen molar-refractivity contribution in [2.75, 3.05) is 33.8 Å². The molecule has 0 amide bonds. The molecule has 2 unspecified atom stereocenters. The number of hydrogen-bond donors (Lipinski definition) is 1. The number of ether oxygens (including phenoxy) is 1. The number of likely N-dealkylation sites (N-methyl/N-ethyl adjacent to an activating group) is 2. The SMILES string of the molecule is CNC(c1cccnc1)C1CN(C)CCO1. The Kier molecular flexibility index (Phi) is 3.88. The molecule has 1 aromatic rings. The van der Waals surface area contributed by atoms with Crippen molar-refractivity contribution in [2.45, 2.75) is 12.1 Å². The van der Waals surface area contributed by atoms with Gasteiger partial charge in [0.15, 0.2) is 0 Å². The molecule has 0 aliphatic carbocycles. The largest absolute Gasteiger partial charge is 0.374 e. The summed E-state index contributed by atoms with van der Waals surface area (Å²) in [5, 5.41) is 3.32. The molecular formula is C12H19N3O. The molecule has 88 valence electrons. The fourth-order valence-electron chi connectivity index (χ4n) is 2.14. The van der Waals surface area contributed by atoms with Gasteiger partial charge in [-0.3, -0.25) is 4.98 Å². The molecule has 1 aromatic heterocycles. The highest BCUT2D eigenvalue weighted by molar-refractivity contribution is 5.15. The molecule has 1 aliphatic rings. The Bertz CT molecular complexity index is 317. The molecule has 0 radical (unpaired) electrons. The summed E-state index contributed by atoms with van der Waals surface area (Å²) in [6.45, 7) is 2.78. The van der Waals surface area contributed by atoms with E-state index in [4.69, 9.17) is 4.74 Å². The van der Waals surface area contributed by atoms with E-state index >= 15 is 0 Å². The maximum atomic E-state index is 5.82. The number of nitrogens with one attached hydrogen (secondary N) is 1. The Morgan fingerprint density at radius 1 is 1.62 bits per heavy atom. The minimum absolute atomic E-state index is 0.202. The van der Waals surface area contributed by atoms with Gasteiger partial charge in [-0.25, -0.2) is 0 Å². The Balaban J connectivity index is 2.10. The van der Waals surface area contributed by atoms with Crippen LogP contribution in [-0.2, 0) is 4.74 Å². The lowest BCUT2D eigenvalue weighted by Gasteiger charge is -2.35. The van der Waals surface area contributed by atoms with Crippen LogP contribution in [-0.4, -0.2) is 49.8 Å². The summed E-state index contributed by atoms with van der Waals surface area (Å²) in [6.07, 6.45) is 3.90. The van der Waals surface area contributed by atoms with Crippen LogP contribution < -0.4 is 5.32 Å². The summed E-state index contributed by atoms with van der Waals surface area (Å²) in [7, 11) is 4.10. The van der Waals surface area contributed by atoms with Gasteiger partial charge in [-0.05, 0) is 25.7 Å². The summed E-state index contributed by atoms with van der Waals surface area (Å²) in [6, 6.07) is 4.27. The molecule has 1 N–H and O–H groups in total. The number of rotatable bonds is 3. The third-order valence-electron chi connectivity index (χ3n) is 3.02. The molecule has 1 aliphatic heterocycles. The molecule has 0 bridgehead atoms. The van der Waals surface area contributed by atoms with Crippen LogP contribution in [0.25, 0.3) is 0 Å². The Morgan fingerprint density at radius 3 is 3.12 bits per heavy atom. The standard InChI is InChI=1S/C12H19N3O/c1-13-12(10-4-3-5-14-8-10)11-9-15(2)6-7-16-11/h3-5,8,11-13H,6-7,9H2,1-2H3. The third-order valence-corrected chi connectivity index (χ3v) is 3.02. The maximum Gasteiger partial charge on any atom is 0.0897 e. The van der Waals surface area contributed by atoms with E-state index in [1.54, 1.807) is 6.20 Å². The smallest absolute Gasteiger partial charge is 0.0897 e. The molecule has 0 spiro atoms. The van der Waals surface area contributed by atoms with Crippen molar-refractivity contribution in [1.82, 2.24) is 15.2 Å². The van der Waals surface area contributed by atoms with Gasteiger partial charge in [-0.1, -0.05) is 6.07 Å². The average molecular weight is 221 g/mol. The van der Waals surface area contributed by atoms with E-state index in [0.717, 1.165) is 19.7 Å². The predicted molar refractivity (Wildman–Crippen MR) is 63.3 cm³/mol. The minimum atomic E-state index is 0.202. The van der Waals surface area contributed by atoms with Crippen LogP contribution in [0, 0.1) is 0 Å². The van der Waals surface area contributed by atoms with Crippen molar-refractivity contribution in [3.05, 3.63) is 30.1 Å². The van der Waals surface area contributed by atoms with E-state index in [1.807, 2.05) is 19.3 Å². The van der Waals surface area contributed by atoms with Crippen LogP contribution in [0.1, 0.15) is 11.6 Å². The van der Waals surface area contributed by atoms with Gasteiger partial charge in [-0.15, -0.1) is 0 Å². The fraction of sp³-hybridized carbons (Fsp3) is 0.583. The van der Waals surface area contributed by atoms with Crippen molar-refractivity contribution in [2.24, 2.45) is 0 Å². The number of hydrogen-bond acceptors (Lipinski definition) is 4. The third kappa shape index (κ3) is 2.58. The number of morpholine rings is 1. The molecule has 4 heteroatoms. The molecule has 1 saturated heterocycles. The molecule has 2 heterocycles. The lowest BCUT2D eigenvalue weighted by Crippen LogP contribution is -2.46. The van der Waals surface area contributed by atoms with Gasteiger partial charge in [0.05, 0.1) is 18.8 Å². The number of nitrogens with zero attached hydrogens (tertiary/aromatic N) is 2. The number of aromatic nitrogens is 1. The molecule has 16 heavy (non-hydrogen) atoms. The van der Waals surface area contributed by atoms with Gasteiger partial charge in [0, 0.05) is 25.5 Å². The van der Waals surface area contributed by atoms with Gasteiger partial charge in [-0.2, -0.15) is 0 Å². The van der Waals surface area contributed by atoms with Crippen LogP contribution >= 0.6 is 0 Å². The fourth-order valence-corrected chi connectivity index (χ4v) is 2.14. The lowest BCUT2D eigenvalue weighted by atomic mass is 10.0. The first-order chi connectivity index (χ1) is 7.81. The van der Waals surface area contributed by atoms with Crippen LogP contribution in [0.4, 0.5) is 0 Å². The Morgan fingerprint density at radius 2 is 2.50 bits per heavy atom. The second-order valence-corrected chi connectivity index (χ2v) is 4.22. The molecule has 4 nitrogen and oxygen atoms in total. The van der Waals surface area contributed by atoms with E-state index < -0.39 is 0 Å². The molecule has 0 aromatic carbocycles. The maximum absolute atomic E-state index is 5.82. The lowest BCUT2D eigenvalue weighted by molar-refractivity contribution is -0.0380. The van der Waals surface area contributed by atoms with E-state index in [2.05, 4.69) is 28.3 Å². The van der Waals surface area contributed by atoms with Gasteiger partial charge in [0.25, 0.3) is 0 Å². The van der Waals surface area contributed by atoms with Crippen LogP contribution in [0.15, 0.2) is 24.5 Å². The highest BCUT2D eigenvalue weighted by Gasteiger charge is 2.26. The average Bonchev–Trinajstić information content (AvgIpc) is 2.31. The summed E-state index contributed by atoms with van der Waals surface area (Å²) in [4.78, 5) is 6.46. The summed E-state index contributed by atoms with van der Waals surface area (Å²) in [5.41, 5.74) is 1.19. The second-order valence-electron chi connectivity index (χ2n) is 4.22. The predicted octanol–water partition coefficient (Wildman–Crippen LogP) is 0.673. The normalized spacial score (nSPS) is 24.2. The topological polar surface area (TPSA) is 37.4 Å². The highest BCUT2D eigenvalue weighted by atomic mass is 16.5. The van der Waals surface area contributed by atoms with Crippen LogP contribution in [0.3, 0.4) is 0 Å². The van der Waals surface area contributed by atoms with Gasteiger partial charge in [0.2, 0.25) is 0 Å². The highest BCUT2D eigenvalue weighted by Crippen LogP contribution is 2.20. The zero-order valence-electron chi connectivity index (χ0n) is 9.89. The monoisotopic (exact) mass is 221 g/mol. The van der Waals surface area contributed by atoms with Gasteiger partial charge >= 0.3 is 0 Å². The van der Waals surface area contributed by atoms with Crippen molar-refractivity contribution < 1.29 is 4.74 Å². The molecule has 2 rings (SSSR count). The Labute approximate surface area is 96.6 Å². The second kappa shape index (κ2) is 5.39. The molecular weight excluding hydrogens is 202 g/mol. The quantitative estimate of drug-likeness (QED) is 0.814.